The summed E-state index contributed by atoms with van der Waals surface area (Å²) in [5.74, 6) is -1.91. The minimum absolute atomic E-state index is 0.00204. The smallest absolute Gasteiger partial charge is 0.251 e. The van der Waals surface area contributed by atoms with Crippen molar-refractivity contribution < 1.29 is 37.5 Å². The Labute approximate surface area is 631 Å². The van der Waals surface area contributed by atoms with Gasteiger partial charge < -0.3 is 63.8 Å². The van der Waals surface area contributed by atoms with Crippen molar-refractivity contribution in [1.29, 1.82) is 0 Å². The van der Waals surface area contributed by atoms with Crippen molar-refractivity contribution in [3.63, 3.8) is 0 Å². The van der Waals surface area contributed by atoms with Gasteiger partial charge in [-0.15, -0.1) is 0 Å². The summed E-state index contributed by atoms with van der Waals surface area (Å²) in [5.41, 5.74) is 20.9. The highest BCUT2D eigenvalue weighted by atomic mass is 35.5. The first kappa shape index (κ1) is 78.9. The summed E-state index contributed by atoms with van der Waals surface area (Å²) in [4.78, 5) is 83.6. The molecular formula is C81H90Cl4F2N12O6. The number of nitrogens with one attached hydrogen (secondary N) is 6. The molecule has 6 amide bonds. The van der Waals surface area contributed by atoms with Crippen LogP contribution >= 0.6 is 46.4 Å². The lowest BCUT2D eigenvalue weighted by molar-refractivity contribution is -0.134. The van der Waals surface area contributed by atoms with E-state index >= 15 is 0 Å². The molecule has 3 heterocycles. The van der Waals surface area contributed by atoms with Crippen molar-refractivity contribution >= 4 is 114 Å². The molecule has 12 rings (SSSR count). The zero-order chi connectivity index (χ0) is 74.4. The molecule has 0 unspecified atom stereocenters. The van der Waals surface area contributed by atoms with Crippen LogP contribution in [-0.4, -0.2) is 145 Å². The summed E-state index contributed by atoms with van der Waals surface area (Å²) >= 11 is 25.2. The van der Waals surface area contributed by atoms with E-state index < -0.39 is 17.7 Å². The van der Waals surface area contributed by atoms with Crippen molar-refractivity contribution in [2.24, 2.45) is 17.2 Å². The third-order valence-electron chi connectivity index (χ3n) is 19.1. The molecule has 0 radical (unpaired) electrons. The van der Waals surface area contributed by atoms with E-state index in [1.807, 2.05) is 126 Å². The van der Waals surface area contributed by atoms with Gasteiger partial charge in [-0.1, -0.05) is 143 Å². The molecule has 9 aromatic carbocycles. The fraction of sp³-hybridized carbons (Fsp3) is 0.333. The largest absolute Gasteiger partial charge is 0.350 e. The van der Waals surface area contributed by atoms with E-state index in [2.05, 4.69) is 31.9 Å². The van der Waals surface area contributed by atoms with Gasteiger partial charge in [-0.05, 0) is 200 Å². The lowest BCUT2D eigenvalue weighted by atomic mass is 10.1. The van der Waals surface area contributed by atoms with Gasteiger partial charge in [0, 0.05) is 125 Å². The number of carbonyl (C=O) groups excluding carboxylic acids is 6. The first-order chi connectivity index (χ1) is 50.8. The maximum absolute atomic E-state index is 13.7. The van der Waals surface area contributed by atoms with E-state index in [1.165, 1.54) is 12.1 Å². The van der Waals surface area contributed by atoms with Crippen LogP contribution in [-0.2, 0) is 34.0 Å². The van der Waals surface area contributed by atoms with Gasteiger partial charge in [0.25, 0.3) is 17.7 Å². The standard InChI is InChI=1S/2C27H30Cl2N4O2.C27H30F2N4O2/c28-23-7-3-8-24(29)22(23)17-33-14-12-21(32-25(27(33)35)9-4-13-30)16-31-26(34)20-11-10-18-5-1-2-6-19(18)15-20;28-22-9-10-24(29)21(15-22)17-33-13-11-23(32-25(27(33)35)6-3-12-30)16-31-26(34)20-8-7-18-4-1-2-5-19(18)14-20;28-22-12-18(13-23(29)15-22)17-33-11-9-24(32-25(27(33)35)6-3-10-30)16-31-26(34)21-8-7-19-4-1-2-5-20(19)14-21/h1-3,5-8,10-11,15,21,25,32H,4,9,12-14,16-17,30H2,(H,31,34);1-2,4-5,7-10,14-15,23,25,32H,3,6,11-13,16-17,30H2,(H,31,34);1-2,4-5,7-8,12-15,24-25,32H,3,6,9-11,16-17,30H2,(H,31,34)/t21-,25-;23-,25-;24-,25-/m000/s1. The second-order valence-electron chi connectivity index (χ2n) is 26.7. The van der Waals surface area contributed by atoms with E-state index in [1.54, 1.807) is 52.3 Å². The van der Waals surface area contributed by atoms with Crippen molar-refractivity contribution in [3.8, 4) is 0 Å². The number of amides is 6. The molecule has 0 spiro atoms. The van der Waals surface area contributed by atoms with Crippen LogP contribution in [0.5, 0.6) is 0 Å². The average molecular weight is 1510 g/mol. The summed E-state index contributed by atoms with van der Waals surface area (Å²) < 4.78 is 27.3. The van der Waals surface area contributed by atoms with Crippen LogP contribution in [0.2, 0.25) is 20.1 Å². The third kappa shape index (κ3) is 22.5. The highest BCUT2D eigenvalue weighted by Crippen LogP contribution is 2.29. The van der Waals surface area contributed by atoms with Gasteiger partial charge in [0.2, 0.25) is 17.7 Å². The summed E-state index contributed by atoms with van der Waals surface area (Å²) in [6, 6.07) is 53.1. The summed E-state index contributed by atoms with van der Waals surface area (Å²) in [6.45, 7) is 4.97. The van der Waals surface area contributed by atoms with Gasteiger partial charge in [-0.25, -0.2) is 8.78 Å². The molecule has 0 aromatic heterocycles. The van der Waals surface area contributed by atoms with Crippen LogP contribution in [0.15, 0.2) is 182 Å². The third-order valence-corrected chi connectivity index (χ3v) is 20.4. The summed E-state index contributed by atoms with van der Waals surface area (Å²) in [6.07, 6.45) is 5.86. The maximum Gasteiger partial charge on any atom is 0.251 e. The van der Waals surface area contributed by atoms with Crippen molar-refractivity contribution in [1.82, 2.24) is 46.6 Å². The van der Waals surface area contributed by atoms with Crippen molar-refractivity contribution in [3.05, 3.63) is 247 Å². The predicted octanol–water partition coefficient (Wildman–Crippen LogP) is 12.1. The Morgan fingerprint density at radius 2 is 0.771 bits per heavy atom. The number of hydrogen-bond donors (Lipinski definition) is 9. The van der Waals surface area contributed by atoms with Crippen LogP contribution in [0.25, 0.3) is 32.3 Å². The van der Waals surface area contributed by atoms with Crippen LogP contribution in [0.3, 0.4) is 0 Å². The minimum atomic E-state index is -0.672. The van der Waals surface area contributed by atoms with Gasteiger partial charge in [0.15, 0.2) is 0 Å². The Balaban J connectivity index is 0.000000169. The van der Waals surface area contributed by atoms with Gasteiger partial charge in [0.05, 0.1) is 18.1 Å². The predicted molar refractivity (Wildman–Crippen MR) is 415 cm³/mol. The topological polar surface area (TPSA) is 262 Å². The van der Waals surface area contributed by atoms with Crippen molar-refractivity contribution in [2.45, 2.75) is 114 Å². The lowest BCUT2D eigenvalue weighted by Crippen LogP contribution is -2.48. The molecular weight excluding hydrogens is 1420 g/mol. The fourth-order valence-electron chi connectivity index (χ4n) is 13.4. The van der Waals surface area contributed by atoms with E-state index in [-0.39, 0.29) is 72.2 Å². The molecule has 9 aromatic rings. The number of fused-ring (bicyclic) bond motifs is 3. The van der Waals surface area contributed by atoms with Crippen LogP contribution in [0.1, 0.15) is 106 Å². The number of benzene rings is 9. The number of nitrogens with zero attached hydrogens (tertiary/aromatic N) is 3. The summed E-state index contributed by atoms with van der Waals surface area (Å²) in [7, 11) is 0. The van der Waals surface area contributed by atoms with Crippen LogP contribution in [0.4, 0.5) is 8.78 Å². The second-order valence-corrected chi connectivity index (χ2v) is 28.4. The molecule has 0 saturated carbocycles. The molecule has 3 aliphatic heterocycles. The van der Waals surface area contributed by atoms with Crippen LogP contribution in [0, 0.1) is 11.6 Å². The molecule has 3 aliphatic rings. The first-order valence-corrected chi connectivity index (χ1v) is 37.2. The Kier molecular flexibility index (Phi) is 29.4. The Morgan fingerprint density at radius 3 is 1.15 bits per heavy atom. The van der Waals surface area contributed by atoms with Crippen LogP contribution < -0.4 is 49.1 Å². The number of hydrogen-bond acceptors (Lipinski definition) is 12. The van der Waals surface area contributed by atoms with E-state index in [0.29, 0.717) is 159 Å². The van der Waals surface area contributed by atoms with Gasteiger partial charge in [-0.3, -0.25) is 28.8 Å². The maximum atomic E-state index is 13.7. The SMILES string of the molecule is NCCC[C@@H]1N[C@H](CNC(=O)c2ccc3ccccc3c2)CCN(Cc2c(Cl)cccc2Cl)C1=O.NCCC[C@@H]1N[C@H](CNC(=O)c2ccc3ccccc3c2)CCN(Cc2cc(Cl)ccc2Cl)C1=O.NCCC[C@@H]1N[C@H](CNC(=O)c2ccc3ccccc3c2)CCN(Cc2cc(F)cc(F)c2)C1=O. The van der Waals surface area contributed by atoms with Gasteiger partial charge in [0.1, 0.15) is 11.6 Å². The Bertz CT molecular complexity index is 4460. The molecule has 12 N–H and O–H groups in total. The Hall–Kier alpha value is -8.64. The molecule has 552 valence electrons. The van der Waals surface area contributed by atoms with Gasteiger partial charge in [-0.2, -0.15) is 0 Å². The lowest BCUT2D eigenvalue weighted by Gasteiger charge is -2.25. The van der Waals surface area contributed by atoms with Gasteiger partial charge >= 0.3 is 0 Å². The van der Waals surface area contributed by atoms with E-state index in [4.69, 9.17) is 63.6 Å². The molecule has 3 saturated heterocycles. The highest BCUT2D eigenvalue weighted by Gasteiger charge is 2.35. The molecule has 0 bridgehead atoms. The number of halogens is 6. The molecule has 105 heavy (non-hydrogen) atoms. The average Bonchev–Trinajstić information content (AvgIpc) is 1.83. The monoisotopic (exact) mass is 1500 g/mol. The molecule has 24 heteroatoms. The zero-order valence-corrected chi connectivity index (χ0v) is 61.4. The fourth-order valence-corrected chi connectivity index (χ4v) is 14.3. The molecule has 18 nitrogen and oxygen atoms in total. The zero-order valence-electron chi connectivity index (χ0n) is 58.4. The Morgan fingerprint density at radius 1 is 0.410 bits per heavy atom. The quantitative estimate of drug-likeness (QED) is 0.0274. The molecule has 3 fully saturated rings. The number of rotatable bonds is 24. The molecule has 6 atom stereocenters. The summed E-state index contributed by atoms with van der Waals surface area (Å²) in [5, 5.41) is 27.9. The number of carbonyl (C=O) groups is 6. The normalized spacial score (nSPS) is 18.5. The van der Waals surface area contributed by atoms with E-state index in [9.17, 15) is 37.5 Å². The molecule has 0 aliphatic carbocycles. The van der Waals surface area contributed by atoms with E-state index in [0.717, 1.165) is 62.4 Å². The first-order valence-electron chi connectivity index (χ1n) is 35.7. The highest BCUT2D eigenvalue weighted by molar-refractivity contribution is 6.36. The number of nitrogens with two attached hydrogens (primary N) is 3. The minimum Gasteiger partial charge on any atom is -0.350 e. The van der Waals surface area contributed by atoms with Crippen molar-refractivity contribution in [2.75, 3.05) is 58.9 Å². The second kappa shape index (κ2) is 39.1.